The van der Waals surface area contributed by atoms with Gasteiger partial charge in [0.25, 0.3) is 0 Å². The maximum absolute atomic E-state index is 13.5. The van der Waals surface area contributed by atoms with Gasteiger partial charge >= 0.3 is 5.97 Å². The van der Waals surface area contributed by atoms with Crippen molar-refractivity contribution in [3.05, 3.63) is 29.3 Å². The highest BCUT2D eigenvalue weighted by molar-refractivity contribution is 5.89. The van der Waals surface area contributed by atoms with E-state index in [1.807, 2.05) is 0 Å². The first kappa shape index (κ1) is 13.7. The fourth-order valence-electron chi connectivity index (χ4n) is 2.19. The number of aromatic carboxylic acids is 1. The molecule has 0 bridgehead atoms. The van der Waals surface area contributed by atoms with Crippen LogP contribution in [0.3, 0.4) is 0 Å². The minimum absolute atomic E-state index is 0.0392. The van der Waals surface area contributed by atoms with Gasteiger partial charge in [-0.05, 0) is 37.9 Å². The lowest BCUT2D eigenvalue weighted by Crippen LogP contribution is -2.31. The molecule has 4 nitrogen and oxygen atoms in total. The zero-order valence-corrected chi connectivity index (χ0v) is 10.4. The van der Waals surface area contributed by atoms with E-state index < -0.39 is 23.2 Å². The summed E-state index contributed by atoms with van der Waals surface area (Å²) < 4.78 is 26.8. The highest BCUT2D eigenvalue weighted by atomic mass is 19.1. The van der Waals surface area contributed by atoms with Crippen molar-refractivity contribution in [2.24, 2.45) is 5.92 Å². The molecule has 0 radical (unpaired) electrons. The zero-order valence-electron chi connectivity index (χ0n) is 10.4. The number of hydrogen-bond acceptors (Lipinski definition) is 3. The first-order valence-electron chi connectivity index (χ1n) is 6.25. The largest absolute Gasteiger partial charge is 0.478 e. The maximum Gasteiger partial charge on any atom is 0.338 e. The third kappa shape index (κ3) is 3.41. The standard InChI is InChI=1S/C13H16F2N2O2/c14-10-6-11(15)12(5-9(10)13(18)19)17-7-8-1-3-16-4-2-8/h5-6,8,16-17H,1-4,7H2,(H,18,19). The van der Waals surface area contributed by atoms with E-state index in [9.17, 15) is 13.6 Å². The molecule has 3 N–H and O–H groups in total. The van der Waals surface area contributed by atoms with E-state index >= 15 is 0 Å². The van der Waals surface area contributed by atoms with Crippen molar-refractivity contribution < 1.29 is 18.7 Å². The molecule has 19 heavy (non-hydrogen) atoms. The second-order valence-corrected chi connectivity index (χ2v) is 4.69. The van der Waals surface area contributed by atoms with Crippen LogP contribution in [0.5, 0.6) is 0 Å². The van der Waals surface area contributed by atoms with Gasteiger partial charge in [0.15, 0.2) is 0 Å². The fraction of sp³-hybridized carbons (Fsp3) is 0.462. The highest BCUT2D eigenvalue weighted by Crippen LogP contribution is 2.21. The van der Waals surface area contributed by atoms with E-state index in [2.05, 4.69) is 10.6 Å². The van der Waals surface area contributed by atoms with Gasteiger partial charge in [-0.2, -0.15) is 0 Å². The summed E-state index contributed by atoms with van der Waals surface area (Å²) in [5.74, 6) is -2.81. The van der Waals surface area contributed by atoms with Crippen molar-refractivity contribution in [1.82, 2.24) is 5.32 Å². The van der Waals surface area contributed by atoms with Gasteiger partial charge in [-0.15, -0.1) is 0 Å². The van der Waals surface area contributed by atoms with Gasteiger partial charge < -0.3 is 15.7 Å². The molecule has 0 spiro atoms. The van der Waals surface area contributed by atoms with Crippen molar-refractivity contribution in [1.29, 1.82) is 0 Å². The van der Waals surface area contributed by atoms with Crippen molar-refractivity contribution >= 4 is 11.7 Å². The van der Waals surface area contributed by atoms with Crippen LogP contribution in [-0.4, -0.2) is 30.7 Å². The SMILES string of the molecule is O=C(O)c1cc(NCC2CCNCC2)c(F)cc1F. The summed E-state index contributed by atoms with van der Waals surface area (Å²) in [4.78, 5) is 10.8. The van der Waals surface area contributed by atoms with E-state index in [0.717, 1.165) is 32.0 Å². The Morgan fingerprint density at radius 3 is 2.63 bits per heavy atom. The zero-order chi connectivity index (χ0) is 13.8. The number of anilines is 1. The fourth-order valence-corrected chi connectivity index (χ4v) is 2.19. The lowest BCUT2D eigenvalue weighted by Gasteiger charge is -2.23. The molecule has 104 valence electrons. The first-order chi connectivity index (χ1) is 9.08. The summed E-state index contributed by atoms with van der Waals surface area (Å²) >= 11 is 0. The van der Waals surface area contributed by atoms with Crippen molar-refractivity contribution in [2.75, 3.05) is 25.0 Å². The molecule has 0 aromatic heterocycles. The van der Waals surface area contributed by atoms with Gasteiger partial charge in [0.2, 0.25) is 0 Å². The van der Waals surface area contributed by atoms with Crippen molar-refractivity contribution in [3.63, 3.8) is 0 Å². The Kier molecular flexibility index (Phi) is 4.31. The number of carboxylic acid groups (broad SMARTS) is 1. The average molecular weight is 270 g/mol. The van der Waals surface area contributed by atoms with Crippen LogP contribution in [0.15, 0.2) is 12.1 Å². The molecule has 0 amide bonds. The molecule has 0 unspecified atom stereocenters. The summed E-state index contributed by atoms with van der Waals surface area (Å²) in [5.41, 5.74) is -0.480. The molecular weight excluding hydrogens is 254 g/mol. The lowest BCUT2D eigenvalue weighted by atomic mass is 9.98. The van der Waals surface area contributed by atoms with E-state index in [-0.39, 0.29) is 5.69 Å². The molecule has 0 aliphatic carbocycles. The molecule has 1 aliphatic rings. The molecule has 1 fully saturated rings. The second kappa shape index (κ2) is 5.97. The van der Waals surface area contributed by atoms with Crippen LogP contribution in [0.25, 0.3) is 0 Å². The molecule has 6 heteroatoms. The predicted octanol–water partition coefficient (Wildman–Crippen LogP) is 2.07. The quantitative estimate of drug-likeness (QED) is 0.784. The first-order valence-corrected chi connectivity index (χ1v) is 6.25. The molecule has 1 heterocycles. The monoisotopic (exact) mass is 270 g/mol. The third-order valence-electron chi connectivity index (χ3n) is 3.33. The lowest BCUT2D eigenvalue weighted by molar-refractivity contribution is 0.0692. The summed E-state index contributed by atoms with van der Waals surface area (Å²) in [6.45, 7) is 2.42. The molecule has 1 saturated heterocycles. The molecular formula is C13H16F2N2O2. The van der Waals surface area contributed by atoms with E-state index in [1.165, 1.54) is 0 Å². The minimum atomic E-state index is -1.40. The number of rotatable bonds is 4. The molecule has 1 aromatic rings. The van der Waals surface area contributed by atoms with Gasteiger partial charge in [0.1, 0.15) is 11.6 Å². The molecule has 2 rings (SSSR count). The highest BCUT2D eigenvalue weighted by Gasteiger charge is 2.17. The Morgan fingerprint density at radius 1 is 1.32 bits per heavy atom. The second-order valence-electron chi connectivity index (χ2n) is 4.69. The summed E-state index contributed by atoms with van der Waals surface area (Å²) in [6.07, 6.45) is 1.98. The number of carbonyl (C=O) groups is 1. The Hall–Kier alpha value is -1.69. The third-order valence-corrected chi connectivity index (χ3v) is 3.33. The smallest absolute Gasteiger partial charge is 0.338 e. The molecule has 0 saturated carbocycles. The van der Waals surface area contributed by atoms with Crippen LogP contribution in [0.2, 0.25) is 0 Å². The molecule has 1 aromatic carbocycles. The van der Waals surface area contributed by atoms with Crippen LogP contribution in [-0.2, 0) is 0 Å². The van der Waals surface area contributed by atoms with Crippen LogP contribution in [0.1, 0.15) is 23.2 Å². The van der Waals surface area contributed by atoms with Crippen molar-refractivity contribution in [3.8, 4) is 0 Å². The van der Waals surface area contributed by atoms with E-state index in [0.29, 0.717) is 18.5 Å². The van der Waals surface area contributed by atoms with Gasteiger partial charge in [0, 0.05) is 12.6 Å². The topological polar surface area (TPSA) is 61.4 Å². The summed E-state index contributed by atoms with van der Waals surface area (Å²) in [5, 5.41) is 14.9. The Labute approximate surface area is 109 Å². The molecule has 0 atom stereocenters. The van der Waals surface area contributed by atoms with Crippen LogP contribution >= 0.6 is 0 Å². The maximum atomic E-state index is 13.5. The Morgan fingerprint density at radius 2 is 2.00 bits per heavy atom. The number of nitrogens with one attached hydrogen (secondary N) is 2. The van der Waals surface area contributed by atoms with Crippen LogP contribution in [0.4, 0.5) is 14.5 Å². The summed E-state index contributed by atoms with van der Waals surface area (Å²) in [7, 11) is 0. The van der Waals surface area contributed by atoms with Gasteiger partial charge in [-0.3, -0.25) is 0 Å². The van der Waals surface area contributed by atoms with Gasteiger partial charge in [-0.1, -0.05) is 0 Å². The van der Waals surface area contributed by atoms with E-state index in [4.69, 9.17) is 5.11 Å². The number of hydrogen-bond donors (Lipinski definition) is 3. The van der Waals surface area contributed by atoms with Crippen LogP contribution < -0.4 is 10.6 Å². The molecule has 1 aliphatic heterocycles. The Balaban J connectivity index is 2.06. The van der Waals surface area contributed by atoms with E-state index in [1.54, 1.807) is 0 Å². The number of piperidine rings is 1. The normalized spacial score (nSPS) is 16.3. The van der Waals surface area contributed by atoms with Crippen LogP contribution in [0, 0.1) is 17.6 Å². The number of benzene rings is 1. The number of halogens is 2. The van der Waals surface area contributed by atoms with Gasteiger partial charge in [0.05, 0.1) is 11.3 Å². The Bertz CT molecular complexity index is 474. The predicted molar refractivity (Wildman–Crippen MR) is 67.4 cm³/mol. The number of carboxylic acids is 1. The van der Waals surface area contributed by atoms with Crippen molar-refractivity contribution in [2.45, 2.75) is 12.8 Å². The van der Waals surface area contributed by atoms with Gasteiger partial charge in [-0.25, -0.2) is 13.6 Å². The summed E-state index contributed by atoms with van der Waals surface area (Å²) in [6, 6.07) is 1.61. The average Bonchev–Trinajstić information content (AvgIpc) is 2.38. The minimum Gasteiger partial charge on any atom is -0.478 e.